The zero-order chi connectivity index (χ0) is 21.5. The molecule has 6 nitrogen and oxygen atoms in total. The van der Waals surface area contributed by atoms with E-state index in [1.54, 1.807) is 0 Å². The van der Waals surface area contributed by atoms with E-state index in [1.807, 2.05) is 36.2 Å². The van der Waals surface area contributed by atoms with Crippen LogP contribution in [-0.4, -0.2) is 33.7 Å². The number of fused-ring (bicyclic) bond motifs is 1. The maximum atomic E-state index is 13.6. The molecule has 7 heteroatoms. The van der Waals surface area contributed by atoms with Gasteiger partial charge in [0.25, 0.3) is 5.91 Å². The van der Waals surface area contributed by atoms with Gasteiger partial charge in [-0.25, -0.2) is 0 Å². The van der Waals surface area contributed by atoms with Crippen molar-refractivity contribution in [3.63, 3.8) is 0 Å². The minimum absolute atomic E-state index is 0. The summed E-state index contributed by atoms with van der Waals surface area (Å²) in [6.45, 7) is 4.85. The van der Waals surface area contributed by atoms with Crippen LogP contribution < -0.4 is 10.6 Å². The molecule has 0 unspecified atom stereocenters. The third-order valence-corrected chi connectivity index (χ3v) is 6.66. The van der Waals surface area contributed by atoms with Crippen LogP contribution in [-0.2, 0) is 4.79 Å². The molecule has 2 aromatic heterocycles. The van der Waals surface area contributed by atoms with Crippen molar-refractivity contribution >= 4 is 35.7 Å². The summed E-state index contributed by atoms with van der Waals surface area (Å²) in [6.07, 6.45) is 8.06. The molecule has 0 saturated heterocycles. The van der Waals surface area contributed by atoms with Gasteiger partial charge in [0.2, 0.25) is 0 Å². The fourth-order valence-corrected chi connectivity index (χ4v) is 4.93. The summed E-state index contributed by atoms with van der Waals surface area (Å²) < 4.78 is 0. The fourth-order valence-electron chi connectivity index (χ4n) is 4.93. The molecule has 1 aliphatic carbocycles. The molecule has 2 aliphatic rings. The van der Waals surface area contributed by atoms with Crippen molar-refractivity contribution in [1.82, 2.24) is 15.2 Å². The molecular formula is C25H30ClN5O. The van der Waals surface area contributed by atoms with Gasteiger partial charge in [-0.15, -0.1) is 12.4 Å². The van der Waals surface area contributed by atoms with Crippen LogP contribution >= 0.6 is 12.4 Å². The molecule has 0 spiro atoms. The van der Waals surface area contributed by atoms with E-state index in [2.05, 4.69) is 40.3 Å². The SMILES string of the molecule is Cc1cc(C)c(/C=C2\C(=O)N(CC3CCC(N)CC3)c3cc(-c4cc[nH]n4)ccc32)[nH]1.Cl. The average molecular weight is 452 g/mol. The highest BCUT2D eigenvalue weighted by Crippen LogP contribution is 2.41. The molecule has 5 rings (SSSR count). The summed E-state index contributed by atoms with van der Waals surface area (Å²) in [5.74, 6) is 0.565. The highest BCUT2D eigenvalue weighted by atomic mass is 35.5. The van der Waals surface area contributed by atoms with E-state index in [0.29, 0.717) is 12.0 Å². The third-order valence-electron chi connectivity index (χ3n) is 6.66. The topological polar surface area (TPSA) is 90.8 Å². The summed E-state index contributed by atoms with van der Waals surface area (Å²) >= 11 is 0. The van der Waals surface area contributed by atoms with Gasteiger partial charge in [0, 0.05) is 41.3 Å². The van der Waals surface area contributed by atoms with Gasteiger partial charge in [-0.3, -0.25) is 9.89 Å². The number of aryl methyl sites for hydroxylation is 2. The number of rotatable bonds is 4. The fraction of sp³-hybridized carbons (Fsp3) is 0.360. The van der Waals surface area contributed by atoms with E-state index in [-0.39, 0.29) is 18.3 Å². The first-order valence-electron chi connectivity index (χ1n) is 11.1. The average Bonchev–Trinajstić information content (AvgIpc) is 3.45. The molecule has 4 N–H and O–H groups in total. The highest BCUT2D eigenvalue weighted by molar-refractivity contribution is 6.36. The second kappa shape index (κ2) is 8.96. The minimum Gasteiger partial charge on any atom is -0.359 e. The van der Waals surface area contributed by atoms with Gasteiger partial charge in [0.05, 0.1) is 17.0 Å². The Morgan fingerprint density at radius 2 is 1.94 bits per heavy atom. The van der Waals surface area contributed by atoms with Crippen molar-refractivity contribution in [3.05, 3.63) is 59.0 Å². The Morgan fingerprint density at radius 1 is 1.16 bits per heavy atom. The summed E-state index contributed by atoms with van der Waals surface area (Å²) in [4.78, 5) is 19.0. The van der Waals surface area contributed by atoms with Gasteiger partial charge >= 0.3 is 0 Å². The molecule has 32 heavy (non-hydrogen) atoms. The second-order valence-corrected chi connectivity index (χ2v) is 9.00. The summed E-state index contributed by atoms with van der Waals surface area (Å²) in [6, 6.07) is 10.6. The number of halogens is 1. The Balaban J connectivity index is 0.00000245. The van der Waals surface area contributed by atoms with Crippen molar-refractivity contribution in [2.24, 2.45) is 11.7 Å². The highest BCUT2D eigenvalue weighted by Gasteiger charge is 2.35. The van der Waals surface area contributed by atoms with Crippen LogP contribution in [0, 0.1) is 19.8 Å². The number of nitrogens with one attached hydrogen (secondary N) is 2. The number of nitrogens with zero attached hydrogens (tertiary/aromatic N) is 2. The lowest BCUT2D eigenvalue weighted by Crippen LogP contribution is -2.36. The van der Waals surface area contributed by atoms with Crippen molar-refractivity contribution in [3.8, 4) is 11.3 Å². The van der Waals surface area contributed by atoms with Crippen LogP contribution in [0.4, 0.5) is 5.69 Å². The lowest BCUT2D eigenvalue weighted by atomic mass is 9.86. The number of H-pyrrole nitrogens is 2. The van der Waals surface area contributed by atoms with Gasteiger partial charge in [-0.2, -0.15) is 5.10 Å². The number of carbonyl (C=O) groups excluding carboxylic acids is 1. The number of anilines is 1. The first-order chi connectivity index (χ1) is 15.0. The Bertz CT molecular complexity index is 1140. The summed E-state index contributed by atoms with van der Waals surface area (Å²) in [5.41, 5.74) is 14.0. The minimum atomic E-state index is 0. The lowest BCUT2D eigenvalue weighted by Gasteiger charge is -2.30. The number of benzene rings is 1. The Morgan fingerprint density at radius 3 is 2.59 bits per heavy atom. The maximum absolute atomic E-state index is 13.6. The summed E-state index contributed by atoms with van der Waals surface area (Å²) in [5, 5.41) is 7.20. The quantitative estimate of drug-likeness (QED) is 0.495. The van der Waals surface area contributed by atoms with Gasteiger partial charge < -0.3 is 15.6 Å². The van der Waals surface area contributed by atoms with Crippen LogP contribution in [0.3, 0.4) is 0 Å². The zero-order valence-electron chi connectivity index (χ0n) is 18.5. The first kappa shape index (κ1) is 22.4. The van der Waals surface area contributed by atoms with Crippen LogP contribution in [0.15, 0.2) is 36.5 Å². The van der Waals surface area contributed by atoms with E-state index < -0.39 is 0 Å². The molecule has 1 aliphatic heterocycles. The Kier molecular flexibility index (Phi) is 6.26. The Labute approximate surface area is 194 Å². The van der Waals surface area contributed by atoms with E-state index >= 15 is 0 Å². The molecule has 1 saturated carbocycles. The van der Waals surface area contributed by atoms with Crippen molar-refractivity contribution < 1.29 is 4.79 Å². The largest absolute Gasteiger partial charge is 0.359 e. The predicted molar refractivity (Wildman–Crippen MR) is 132 cm³/mol. The molecule has 3 heterocycles. The molecule has 1 amide bonds. The molecule has 0 radical (unpaired) electrons. The van der Waals surface area contributed by atoms with E-state index in [1.165, 1.54) is 0 Å². The van der Waals surface area contributed by atoms with Gasteiger partial charge in [-0.05, 0) is 75.3 Å². The summed E-state index contributed by atoms with van der Waals surface area (Å²) in [7, 11) is 0. The number of aromatic amines is 2. The number of carbonyl (C=O) groups is 1. The number of hydrogen-bond acceptors (Lipinski definition) is 3. The van der Waals surface area contributed by atoms with E-state index in [4.69, 9.17) is 5.73 Å². The maximum Gasteiger partial charge on any atom is 0.259 e. The normalized spacial score (nSPS) is 21.7. The monoisotopic (exact) mass is 451 g/mol. The third kappa shape index (κ3) is 4.12. The van der Waals surface area contributed by atoms with Crippen molar-refractivity contribution in [2.75, 3.05) is 11.4 Å². The molecule has 168 valence electrons. The van der Waals surface area contributed by atoms with E-state index in [0.717, 1.165) is 77.3 Å². The molecule has 3 aromatic rings. The van der Waals surface area contributed by atoms with Crippen LogP contribution in [0.25, 0.3) is 22.9 Å². The molecule has 1 fully saturated rings. The molecule has 0 bridgehead atoms. The van der Waals surface area contributed by atoms with Crippen LogP contribution in [0.2, 0.25) is 0 Å². The lowest BCUT2D eigenvalue weighted by molar-refractivity contribution is -0.113. The standard InChI is InChI=1S/C25H29N5O.ClH/c1-15-11-16(2)28-23(15)13-21-20-8-5-18(22-9-10-27-29-22)12-24(20)30(25(21)31)14-17-3-6-19(26)7-4-17;/h5,8-13,17,19,28H,3-4,6-7,14,26H2,1-2H3,(H,27,29);1H/b21-13-;. The number of nitrogens with two attached hydrogens (primary N) is 1. The smallest absolute Gasteiger partial charge is 0.259 e. The molecule has 0 atom stereocenters. The van der Waals surface area contributed by atoms with Crippen molar-refractivity contribution in [1.29, 1.82) is 0 Å². The number of hydrogen-bond donors (Lipinski definition) is 3. The van der Waals surface area contributed by atoms with Crippen LogP contribution in [0.5, 0.6) is 0 Å². The second-order valence-electron chi connectivity index (χ2n) is 9.00. The molecular weight excluding hydrogens is 422 g/mol. The van der Waals surface area contributed by atoms with Gasteiger partial charge in [0.15, 0.2) is 0 Å². The van der Waals surface area contributed by atoms with Crippen molar-refractivity contribution in [2.45, 2.75) is 45.6 Å². The van der Waals surface area contributed by atoms with Gasteiger partial charge in [0.1, 0.15) is 0 Å². The predicted octanol–water partition coefficient (Wildman–Crippen LogP) is 4.85. The molecule has 1 aromatic carbocycles. The van der Waals surface area contributed by atoms with Gasteiger partial charge in [-0.1, -0.05) is 12.1 Å². The van der Waals surface area contributed by atoms with Crippen LogP contribution in [0.1, 0.15) is 48.2 Å². The number of aromatic nitrogens is 3. The number of amides is 1. The van der Waals surface area contributed by atoms with E-state index in [9.17, 15) is 4.79 Å². The zero-order valence-corrected chi connectivity index (χ0v) is 19.3. The Hall–Kier alpha value is -2.83. The first-order valence-corrected chi connectivity index (χ1v) is 11.1.